The Morgan fingerprint density at radius 2 is 0.600 bits per heavy atom. The van der Waals surface area contributed by atoms with Gasteiger partial charge in [0.1, 0.15) is 0 Å². The fraction of sp³-hybridized carbons (Fsp3) is 0.171. The Morgan fingerprint density at radius 3 is 0.986 bits per heavy atom. The predicted octanol–water partition coefficient (Wildman–Crippen LogP) is 19.7. The van der Waals surface area contributed by atoms with Gasteiger partial charge in [0, 0.05) is 10.8 Å². The molecular weight excluding hydrogens is 841 g/mol. The van der Waals surface area contributed by atoms with Gasteiger partial charge in [-0.25, -0.2) is 0 Å². The van der Waals surface area contributed by atoms with Crippen LogP contribution in [0, 0.1) is 0 Å². The van der Waals surface area contributed by atoms with E-state index in [1.807, 2.05) is 0 Å². The van der Waals surface area contributed by atoms with Gasteiger partial charge in [0.2, 0.25) is 0 Å². The van der Waals surface area contributed by atoms with Gasteiger partial charge in [0.05, 0.1) is 0 Å². The summed E-state index contributed by atoms with van der Waals surface area (Å²) in [6.45, 7) is 11.9. The molecule has 0 amide bonds. The van der Waals surface area contributed by atoms with Crippen LogP contribution in [0.25, 0.3) is 110 Å². The molecule has 0 heterocycles. The molecule has 0 saturated heterocycles. The van der Waals surface area contributed by atoms with Gasteiger partial charge in [0.15, 0.2) is 0 Å². The van der Waals surface area contributed by atoms with E-state index in [1.54, 1.807) is 0 Å². The first-order valence-corrected chi connectivity index (χ1v) is 25.7. The van der Waals surface area contributed by atoms with Crippen molar-refractivity contribution in [1.82, 2.24) is 0 Å². The summed E-state index contributed by atoms with van der Waals surface area (Å²) in [7, 11) is 0. The molecule has 0 bridgehead atoms. The lowest BCUT2D eigenvalue weighted by molar-refractivity contribution is 0.660. The summed E-state index contributed by atoms with van der Waals surface area (Å²) in [5.74, 6) is 0. The Morgan fingerprint density at radius 1 is 0.286 bits per heavy atom. The Balaban J connectivity index is 0.919. The lowest BCUT2D eigenvalue weighted by Gasteiger charge is -2.24. The lowest BCUT2D eigenvalue weighted by atomic mass is 9.79. The highest BCUT2D eigenvalue weighted by molar-refractivity contribution is 6.23. The summed E-state index contributed by atoms with van der Waals surface area (Å²) in [6, 6.07) is 76.7. The van der Waals surface area contributed by atoms with Gasteiger partial charge in [-0.2, -0.15) is 0 Å². The van der Waals surface area contributed by atoms with Crippen LogP contribution in [0.5, 0.6) is 0 Å². The molecule has 11 aromatic carbocycles. The molecule has 0 N–H and O–H groups in total. The van der Waals surface area contributed by atoms with Crippen LogP contribution < -0.4 is 0 Å². The number of unbranched alkanes of at least 4 members (excludes halogenated alkanes) is 3. The highest BCUT2D eigenvalue weighted by atomic mass is 14.4. The summed E-state index contributed by atoms with van der Waals surface area (Å²) >= 11 is 0. The third-order valence-electron chi connectivity index (χ3n) is 16.6. The van der Waals surface area contributed by atoms with Crippen molar-refractivity contribution < 1.29 is 0 Å². The zero-order valence-electron chi connectivity index (χ0n) is 41.1. The molecule has 0 spiro atoms. The van der Waals surface area contributed by atoms with E-state index in [1.165, 1.54) is 163 Å². The van der Waals surface area contributed by atoms with E-state index >= 15 is 0 Å². The van der Waals surface area contributed by atoms with Crippen molar-refractivity contribution in [2.75, 3.05) is 0 Å². The average Bonchev–Trinajstić information content (AvgIpc) is 3.76. The van der Waals surface area contributed by atoms with Crippen molar-refractivity contribution >= 4 is 43.1 Å². The molecule has 0 heteroatoms. The summed E-state index contributed by atoms with van der Waals surface area (Å²) in [4.78, 5) is 0. The second-order valence-electron chi connectivity index (χ2n) is 21.3. The smallest absolute Gasteiger partial charge is 0.0159 e. The van der Waals surface area contributed by atoms with Gasteiger partial charge in [0.25, 0.3) is 0 Å². The molecule has 338 valence electrons. The van der Waals surface area contributed by atoms with Gasteiger partial charge in [-0.1, -0.05) is 236 Å². The SMILES string of the molecule is CCCCCCc1ccc(-c2c3ccccc3c(-c3ccc4c(c3)C(C)(C)c3cc(-c5c6ccccc6c(-c6ccc7c(c6)C(C)(C)c6ccccc6-7)c6ccccc56)ccc3-4)c3ccccc23)cc1. The summed E-state index contributed by atoms with van der Waals surface area (Å²) in [5.41, 5.74) is 22.4. The molecule has 2 aliphatic carbocycles. The predicted molar refractivity (Wildman–Crippen MR) is 301 cm³/mol. The highest BCUT2D eigenvalue weighted by Crippen LogP contribution is 2.55. The standard InChI is InChI=1S/C70H58/c1-6-7-8-9-20-44-31-33-45(34-32-44)65-53-22-10-12-24-55(53)66(56-25-13-11-23-54(56)65)47-36-39-51-52-40-37-48(43-64(52)70(4,5)63(51)42-47)68-59-28-16-14-26-57(59)67(58-27-15-17-29-60(58)68)46-35-38-50-49-21-18-19-30-61(49)69(2,3)62(50)41-46/h10-19,21-43H,6-9,20H2,1-5H3. The van der Waals surface area contributed by atoms with E-state index in [4.69, 9.17) is 0 Å². The number of rotatable bonds is 9. The van der Waals surface area contributed by atoms with Crippen LogP contribution in [-0.4, -0.2) is 0 Å². The van der Waals surface area contributed by atoms with E-state index in [-0.39, 0.29) is 10.8 Å². The summed E-state index contributed by atoms with van der Waals surface area (Å²) in [5, 5.41) is 10.4. The normalized spacial score (nSPS) is 14.0. The number of benzene rings is 11. The Kier molecular flexibility index (Phi) is 9.90. The highest BCUT2D eigenvalue weighted by Gasteiger charge is 2.38. The molecule has 0 saturated carbocycles. The molecule has 0 atom stereocenters. The minimum absolute atomic E-state index is 0.0739. The van der Waals surface area contributed by atoms with Gasteiger partial charge >= 0.3 is 0 Å². The van der Waals surface area contributed by atoms with Gasteiger partial charge in [-0.05, 0) is 169 Å². The van der Waals surface area contributed by atoms with Crippen molar-refractivity contribution in [2.24, 2.45) is 0 Å². The zero-order valence-corrected chi connectivity index (χ0v) is 41.1. The van der Waals surface area contributed by atoms with Crippen LogP contribution in [0.4, 0.5) is 0 Å². The second-order valence-corrected chi connectivity index (χ2v) is 21.3. The number of hydrogen-bond acceptors (Lipinski definition) is 0. The van der Waals surface area contributed by atoms with Gasteiger partial charge in [-0.3, -0.25) is 0 Å². The third-order valence-corrected chi connectivity index (χ3v) is 16.6. The van der Waals surface area contributed by atoms with E-state index in [0.717, 1.165) is 6.42 Å². The zero-order chi connectivity index (χ0) is 47.3. The van der Waals surface area contributed by atoms with E-state index in [9.17, 15) is 0 Å². The molecule has 0 aromatic heterocycles. The number of hydrogen-bond donors (Lipinski definition) is 0. The van der Waals surface area contributed by atoms with E-state index in [2.05, 4.69) is 235 Å². The van der Waals surface area contributed by atoms with Crippen LogP contribution in [0.3, 0.4) is 0 Å². The fourth-order valence-corrected chi connectivity index (χ4v) is 13.0. The second kappa shape index (κ2) is 16.3. The third kappa shape index (κ3) is 6.42. The molecule has 0 fully saturated rings. The fourth-order valence-electron chi connectivity index (χ4n) is 13.0. The van der Waals surface area contributed by atoms with Gasteiger partial charge < -0.3 is 0 Å². The first-order valence-electron chi connectivity index (χ1n) is 25.7. The summed E-state index contributed by atoms with van der Waals surface area (Å²) in [6.07, 6.45) is 6.29. The largest absolute Gasteiger partial charge is 0.0654 e. The minimum Gasteiger partial charge on any atom is -0.0654 e. The lowest BCUT2D eigenvalue weighted by Crippen LogP contribution is -2.15. The summed E-state index contributed by atoms with van der Waals surface area (Å²) < 4.78 is 0. The topological polar surface area (TPSA) is 0 Å². The first kappa shape index (κ1) is 42.6. The van der Waals surface area contributed by atoms with Crippen LogP contribution in [0.15, 0.2) is 200 Å². The maximum atomic E-state index is 2.52. The van der Waals surface area contributed by atoms with E-state index < -0.39 is 0 Å². The van der Waals surface area contributed by atoms with Crippen molar-refractivity contribution in [3.8, 4) is 66.8 Å². The molecule has 70 heavy (non-hydrogen) atoms. The van der Waals surface area contributed by atoms with Crippen LogP contribution in [-0.2, 0) is 17.3 Å². The van der Waals surface area contributed by atoms with Crippen molar-refractivity contribution in [3.63, 3.8) is 0 Å². The molecule has 2 aliphatic rings. The first-order chi connectivity index (χ1) is 34.2. The van der Waals surface area contributed by atoms with Crippen molar-refractivity contribution in [2.45, 2.75) is 77.6 Å². The average molecular weight is 899 g/mol. The molecule has 0 unspecified atom stereocenters. The molecule has 13 rings (SSSR count). The molecule has 11 aromatic rings. The van der Waals surface area contributed by atoms with Crippen LogP contribution in [0.2, 0.25) is 0 Å². The Hall–Kier alpha value is -7.54. The maximum absolute atomic E-state index is 2.52. The van der Waals surface area contributed by atoms with Gasteiger partial charge in [-0.15, -0.1) is 0 Å². The Bertz CT molecular complexity index is 3800. The molecule has 0 radical (unpaired) electrons. The molecular formula is C70H58. The van der Waals surface area contributed by atoms with Crippen LogP contribution in [0.1, 0.15) is 88.1 Å². The van der Waals surface area contributed by atoms with Crippen LogP contribution >= 0.6 is 0 Å². The maximum Gasteiger partial charge on any atom is 0.0159 e. The van der Waals surface area contributed by atoms with Crippen molar-refractivity contribution in [3.05, 3.63) is 228 Å². The quantitative estimate of drug-likeness (QED) is 0.100. The number of aryl methyl sites for hydroxylation is 1. The molecule has 0 nitrogen and oxygen atoms in total. The van der Waals surface area contributed by atoms with E-state index in [0.29, 0.717) is 0 Å². The molecule has 0 aliphatic heterocycles. The Labute approximate surface area is 413 Å². The minimum atomic E-state index is -0.221. The monoisotopic (exact) mass is 898 g/mol. The van der Waals surface area contributed by atoms with Crippen molar-refractivity contribution in [1.29, 1.82) is 0 Å². The number of fused-ring (bicyclic) bond motifs is 10.